The van der Waals surface area contributed by atoms with Gasteiger partial charge in [0, 0.05) is 12.1 Å². The molecule has 1 fully saturated rings. The van der Waals surface area contributed by atoms with E-state index in [0.29, 0.717) is 6.54 Å². The summed E-state index contributed by atoms with van der Waals surface area (Å²) in [6.07, 6.45) is 12.5. The fourth-order valence-electron chi connectivity index (χ4n) is 3.05. The van der Waals surface area contributed by atoms with Gasteiger partial charge in [-0.15, -0.1) is 6.42 Å². The summed E-state index contributed by atoms with van der Waals surface area (Å²) in [5, 5.41) is 3.68. The Hall–Kier alpha value is -0.560. The average Bonchev–Trinajstić information content (AvgIpc) is 2.62. The molecular formula is C16H31N3. The minimum atomic E-state index is 0.0503. The van der Waals surface area contributed by atoms with Gasteiger partial charge < -0.3 is 10.6 Å². The van der Waals surface area contributed by atoms with Crippen molar-refractivity contribution in [2.45, 2.75) is 64.0 Å². The van der Waals surface area contributed by atoms with Crippen LogP contribution in [0.1, 0.15) is 52.4 Å². The molecule has 19 heavy (non-hydrogen) atoms. The van der Waals surface area contributed by atoms with E-state index in [4.69, 9.17) is 12.2 Å². The Morgan fingerprint density at radius 2 is 2.11 bits per heavy atom. The van der Waals surface area contributed by atoms with E-state index >= 15 is 0 Å². The quantitative estimate of drug-likeness (QED) is 0.692. The second kappa shape index (κ2) is 8.58. The summed E-state index contributed by atoms with van der Waals surface area (Å²) < 4.78 is 0. The first-order chi connectivity index (χ1) is 9.19. The number of rotatable bonds is 7. The van der Waals surface area contributed by atoms with Crippen LogP contribution in [0.4, 0.5) is 0 Å². The number of nitrogens with one attached hydrogen (secondary N) is 1. The van der Waals surface area contributed by atoms with Gasteiger partial charge in [-0.3, -0.25) is 5.32 Å². The number of nitrogens with zero attached hydrogens (tertiary/aromatic N) is 1. The summed E-state index contributed by atoms with van der Waals surface area (Å²) in [5.41, 5.74) is 6.13. The van der Waals surface area contributed by atoms with Crippen LogP contribution in [0.3, 0.4) is 0 Å². The molecule has 2 unspecified atom stereocenters. The minimum Gasteiger partial charge on any atom is -0.329 e. The van der Waals surface area contributed by atoms with E-state index < -0.39 is 0 Å². The Morgan fingerprint density at radius 3 is 2.68 bits per heavy atom. The summed E-state index contributed by atoms with van der Waals surface area (Å²) in [7, 11) is 0. The third-order valence-corrected chi connectivity index (χ3v) is 4.23. The smallest absolute Gasteiger partial charge is 0.0691 e. The van der Waals surface area contributed by atoms with Crippen molar-refractivity contribution in [2.24, 2.45) is 5.73 Å². The lowest BCUT2D eigenvalue weighted by Crippen LogP contribution is -2.55. The van der Waals surface area contributed by atoms with Crippen LogP contribution in [0.15, 0.2) is 0 Å². The molecule has 1 saturated heterocycles. The summed E-state index contributed by atoms with van der Waals surface area (Å²) in [5.74, 6) is 2.89. The summed E-state index contributed by atoms with van der Waals surface area (Å²) in [6, 6.07) is 0.172. The number of hydrogen-bond acceptors (Lipinski definition) is 3. The van der Waals surface area contributed by atoms with Gasteiger partial charge in [0.1, 0.15) is 0 Å². The van der Waals surface area contributed by atoms with E-state index in [0.717, 1.165) is 32.2 Å². The zero-order valence-corrected chi connectivity index (χ0v) is 12.8. The fraction of sp³-hybridized carbons (Fsp3) is 0.875. The van der Waals surface area contributed by atoms with Gasteiger partial charge in [0.2, 0.25) is 0 Å². The maximum atomic E-state index is 6.08. The Bertz CT molecular complexity index is 284. The molecule has 0 aliphatic carbocycles. The molecule has 0 saturated carbocycles. The molecule has 0 spiro atoms. The van der Waals surface area contributed by atoms with Gasteiger partial charge in [-0.25, -0.2) is 0 Å². The van der Waals surface area contributed by atoms with Crippen LogP contribution in [0.5, 0.6) is 0 Å². The molecule has 3 nitrogen and oxygen atoms in total. The molecule has 0 aromatic heterocycles. The van der Waals surface area contributed by atoms with Crippen molar-refractivity contribution >= 4 is 0 Å². The molecule has 0 bridgehead atoms. The van der Waals surface area contributed by atoms with Crippen molar-refractivity contribution in [3.8, 4) is 12.3 Å². The van der Waals surface area contributed by atoms with Crippen molar-refractivity contribution in [3.63, 3.8) is 0 Å². The molecule has 0 amide bonds. The van der Waals surface area contributed by atoms with E-state index in [-0.39, 0.29) is 11.6 Å². The third-order valence-electron chi connectivity index (χ3n) is 4.23. The molecule has 110 valence electrons. The highest BCUT2D eigenvalue weighted by atomic mass is 15.1. The topological polar surface area (TPSA) is 41.3 Å². The van der Waals surface area contributed by atoms with Crippen LogP contribution in [0, 0.1) is 12.3 Å². The molecule has 3 heteroatoms. The highest BCUT2D eigenvalue weighted by Crippen LogP contribution is 2.23. The van der Waals surface area contributed by atoms with E-state index in [9.17, 15) is 0 Å². The molecule has 2 atom stereocenters. The van der Waals surface area contributed by atoms with Crippen LogP contribution >= 0.6 is 0 Å². The zero-order chi connectivity index (χ0) is 14.1. The first kappa shape index (κ1) is 16.5. The van der Waals surface area contributed by atoms with Crippen LogP contribution in [0.2, 0.25) is 0 Å². The first-order valence-corrected chi connectivity index (χ1v) is 7.86. The van der Waals surface area contributed by atoms with Crippen molar-refractivity contribution in [1.82, 2.24) is 10.2 Å². The Balaban J connectivity index is 2.61. The van der Waals surface area contributed by atoms with Crippen LogP contribution < -0.4 is 11.1 Å². The van der Waals surface area contributed by atoms with Gasteiger partial charge in [-0.2, -0.15) is 0 Å². The highest BCUT2D eigenvalue weighted by Gasteiger charge is 2.32. The van der Waals surface area contributed by atoms with E-state index in [1.807, 2.05) is 0 Å². The lowest BCUT2D eigenvalue weighted by molar-refractivity contribution is 0.249. The summed E-state index contributed by atoms with van der Waals surface area (Å²) in [4.78, 5) is 2.56. The molecular weight excluding hydrogens is 234 g/mol. The fourth-order valence-corrected chi connectivity index (χ4v) is 3.05. The first-order valence-electron chi connectivity index (χ1n) is 7.86. The molecule has 3 N–H and O–H groups in total. The maximum Gasteiger partial charge on any atom is 0.0691 e. The van der Waals surface area contributed by atoms with E-state index in [1.54, 1.807) is 0 Å². The predicted octanol–water partition coefficient (Wildman–Crippen LogP) is 1.97. The number of hydrogen-bond donors (Lipinski definition) is 2. The second-order valence-electron chi connectivity index (χ2n) is 5.83. The van der Waals surface area contributed by atoms with E-state index in [2.05, 4.69) is 30.0 Å². The lowest BCUT2D eigenvalue weighted by Gasteiger charge is -2.35. The van der Waals surface area contributed by atoms with Gasteiger partial charge in [0.05, 0.1) is 6.04 Å². The van der Waals surface area contributed by atoms with Gasteiger partial charge in [0.15, 0.2) is 0 Å². The van der Waals surface area contributed by atoms with Gasteiger partial charge in [-0.1, -0.05) is 26.2 Å². The van der Waals surface area contributed by atoms with Crippen molar-refractivity contribution in [2.75, 3.05) is 26.2 Å². The predicted molar refractivity (Wildman–Crippen MR) is 83.0 cm³/mol. The molecule has 0 aromatic carbocycles. The lowest BCUT2D eigenvalue weighted by atomic mass is 9.89. The molecule has 0 radical (unpaired) electrons. The van der Waals surface area contributed by atoms with Crippen LogP contribution in [0.25, 0.3) is 0 Å². The van der Waals surface area contributed by atoms with Gasteiger partial charge in [-0.05, 0) is 51.7 Å². The molecule has 1 aliphatic heterocycles. The van der Waals surface area contributed by atoms with Gasteiger partial charge >= 0.3 is 0 Å². The summed E-state index contributed by atoms with van der Waals surface area (Å²) >= 11 is 0. The largest absolute Gasteiger partial charge is 0.329 e. The second-order valence-corrected chi connectivity index (χ2v) is 5.83. The van der Waals surface area contributed by atoms with Crippen molar-refractivity contribution < 1.29 is 0 Å². The SMILES string of the molecule is C#CC(CCC)NC1(CN)CCCN(CCC)CC1. The number of likely N-dealkylation sites (tertiary alicyclic amines) is 1. The van der Waals surface area contributed by atoms with E-state index in [1.165, 1.54) is 25.9 Å². The van der Waals surface area contributed by atoms with Crippen LogP contribution in [-0.2, 0) is 0 Å². The summed E-state index contributed by atoms with van der Waals surface area (Å²) in [6.45, 7) is 8.66. The number of nitrogens with two attached hydrogens (primary N) is 1. The molecule has 1 heterocycles. The Kier molecular flexibility index (Phi) is 7.45. The van der Waals surface area contributed by atoms with Crippen molar-refractivity contribution in [3.05, 3.63) is 0 Å². The molecule has 1 rings (SSSR count). The van der Waals surface area contributed by atoms with Gasteiger partial charge in [0.25, 0.3) is 0 Å². The number of terminal acetylenes is 1. The Labute approximate surface area is 119 Å². The normalized spacial score (nSPS) is 26.6. The highest BCUT2D eigenvalue weighted by molar-refractivity contribution is 5.04. The zero-order valence-electron chi connectivity index (χ0n) is 12.8. The Morgan fingerprint density at radius 1 is 1.32 bits per heavy atom. The minimum absolute atomic E-state index is 0.0503. The maximum absolute atomic E-state index is 6.08. The average molecular weight is 265 g/mol. The van der Waals surface area contributed by atoms with Crippen molar-refractivity contribution in [1.29, 1.82) is 0 Å². The molecule has 0 aromatic rings. The monoisotopic (exact) mass is 265 g/mol. The third kappa shape index (κ3) is 5.14. The molecule has 1 aliphatic rings. The van der Waals surface area contributed by atoms with Crippen LogP contribution in [-0.4, -0.2) is 42.7 Å². The standard InChI is InChI=1S/C16H31N3/c1-4-8-15(6-3)18-16(14-17)9-7-12-19(11-5-2)13-10-16/h3,15,18H,4-5,7-14,17H2,1-2H3.